The molecule has 0 saturated carbocycles. The first-order valence-electron chi connectivity index (χ1n) is 8.71. The van der Waals surface area contributed by atoms with Crippen molar-refractivity contribution < 1.29 is 13.6 Å². The van der Waals surface area contributed by atoms with E-state index in [9.17, 15) is 13.6 Å². The fourth-order valence-corrected chi connectivity index (χ4v) is 2.92. The van der Waals surface area contributed by atoms with E-state index in [0.717, 1.165) is 11.8 Å². The van der Waals surface area contributed by atoms with Crippen LogP contribution in [0.4, 0.5) is 20.2 Å². The van der Waals surface area contributed by atoms with Gasteiger partial charge in [0.2, 0.25) is 0 Å². The lowest BCUT2D eigenvalue weighted by molar-refractivity contribution is 0.0774. The van der Waals surface area contributed by atoms with Gasteiger partial charge in [0, 0.05) is 42.1 Å². The third kappa shape index (κ3) is 3.86. The van der Waals surface area contributed by atoms with Crippen LogP contribution < -0.4 is 5.32 Å². The van der Waals surface area contributed by atoms with Crippen LogP contribution in [-0.2, 0) is 0 Å². The molecule has 7 heteroatoms. The maximum absolute atomic E-state index is 13.6. The number of nitrogens with one attached hydrogen (secondary N) is 1. The van der Waals surface area contributed by atoms with Gasteiger partial charge in [-0.15, -0.1) is 0 Å². The third-order valence-corrected chi connectivity index (χ3v) is 4.28. The van der Waals surface area contributed by atoms with E-state index in [1.54, 1.807) is 17.0 Å². The number of hydrogen-bond donors (Lipinski definition) is 1. The molecular formula is C20H20F2N4O. The van der Waals surface area contributed by atoms with Gasteiger partial charge >= 0.3 is 0 Å². The summed E-state index contributed by atoms with van der Waals surface area (Å²) < 4.78 is 27.2. The summed E-state index contributed by atoms with van der Waals surface area (Å²) in [5.74, 6) is -1.63. The summed E-state index contributed by atoms with van der Waals surface area (Å²) in [6.45, 7) is 6.68. The number of anilines is 2. The molecule has 0 fully saturated rings. The van der Waals surface area contributed by atoms with Gasteiger partial charge in [-0.25, -0.2) is 18.7 Å². The van der Waals surface area contributed by atoms with E-state index in [2.05, 4.69) is 15.3 Å². The highest BCUT2D eigenvalue weighted by Crippen LogP contribution is 2.30. The van der Waals surface area contributed by atoms with E-state index in [-0.39, 0.29) is 11.6 Å². The molecule has 0 aliphatic carbocycles. The van der Waals surface area contributed by atoms with Crippen molar-refractivity contribution in [2.75, 3.05) is 18.4 Å². The smallest absolute Gasteiger partial charge is 0.257 e. The van der Waals surface area contributed by atoms with E-state index in [1.165, 1.54) is 18.3 Å². The van der Waals surface area contributed by atoms with Crippen molar-refractivity contribution in [2.24, 2.45) is 0 Å². The Labute approximate surface area is 156 Å². The van der Waals surface area contributed by atoms with E-state index >= 15 is 0 Å². The molecule has 3 rings (SSSR count). The van der Waals surface area contributed by atoms with Gasteiger partial charge < -0.3 is 10.2 Å². The number of carbonyl (C=O) groups excluding carboxylic acids is 1. The van der Waals surface area contributed by atoms with Gasteiger partial charge in [0.15, 0.2) is 5.65 Å². The van der Waals surface area contributed by atoms with E-state index in [1.807, 2.05) is 20.8 Å². The molecule has 0 unspecified atom stereocenters. The topological polar surface area (TPSA) is 58.1 Å². The van der Waals surface area contributed by atoms with Crippen molar-refractivity contribution in [2.45, 2.75) is 20.8 Å². The summed E-state index contributed by atoms with van der Waals surface area (Å²) in [5.41, 5.74) is 2.18. The quantitative estimate of drug-likeness (QED) is 0.721. The standard InChI is InChI=1S/C20H20F2N4O/c1-4-26(5-2)20(27)17-11-23-19-16(7-6-12(3)24-19)18(17)25-15-9-13(21)8-14(22)10-15/h6-11H,4-5H2,1-3H3,(H,23,24,25). The summed E-state index contributed by atoms with van der Waals surface area (Å²) in [7, 11) is 0. The maximum Gasteiger partial charge on any atom is 0.257 e. The number of carbonyl (C=O) groups is 1. The molecule has 0 bridgehead atoms. The highest BCUT2D eigenvalue weighted by molar-refractivity contribution is 6.07. The Morgan fingerprint density at radius 2 is 1.78 bits per heavy atom. The number of hydrogen-bond acceptors (Lipinski definition) is 4. The van der Waals surface area contributed by atoms with Crippen LogP contribution in [0.2, 0.25) is 0 Å². The van der Waals surface area contributed by atoms with Crippen LogP contribution in [0, 0.1) is 18.6 Å². The second kappa shape index (κ2) is 7.65. The van der Waals surface area contributed by atoms with E-state index < -0.39 is 11.6 Å². The first kappa shape index (κ1) is 18.7. The first-order valence-corrected chi connectivity index (χ1v) is 8.71. The normalized spacial score (nSPS) is 10.9. The molecule has 0 aliphatic heterocycles. The van der Waals surface area contributed by atoms with Crippen molar-refractivity contribution >= 4 is 28.3 Å². The highest BCUT2D eigenvalue weighted by atomic mass is 19.1. The second-order valence-corrected chi connectivity index (χ2v) is 6.13. The summed E-state index contributed by atoms with van der Waals surface area (Å²) in [6, 6.07) is 6.72. The van der Waals surface area contributed by atoms with Crippen molar-refractivity contribution in [3.63, 3.8) is 0 Å². The fraction of sp³-hybridized carbons (Fsp3) is 0.250. The molecule has 0 saturated heterocycles. The van der Waals surface area contributed by atoms with Gasteiger partial charge in [0.1, 0.15) is 11.6 Å². The monoisotopic (exact) mass is 370 g/mol. The average molecular weight is 370 g/mol. The van der Waals surface area contributed by atoms with E-state index in [4.69, 9.17) is 0 Å². The first-order chi connectivity index (χ1) is 12.9. The highest BCUT2D eigenvalue weighted by Gasteiger charge is 2.20. The van der Waals surface area contributed by atoms with Crippen LogP contribution >= 0.6 is 0 Å². The predicted octanol–water partition coefficient (Wildman–Crippen LogP) is 4.44. The van der Waals surface area contributed by atoms with Crippen molar-refractivity contribution in [3.05, 3.63) is 59.4 Å². The number of nitrogens with zero attached hydrogens (tertiary/aromatic N) is 3. The van der Waals surface area contributed by atoms with Crippen LogP contribution in [0.1, 0.15) is 29.9 Å². The van der Waals surface area contributed by atoms with Crippen LogP contribution in [0.3, 0.4) is 0 Å². The molecule has 5 nitrogen and oxygen atoms in total. The molecule has 1 N–H and O–H groups in total. The van der Waals surface area contributed by atoms with E-state index in [0.29, 0.717) is 35.4 Å². The molecule has 0 aliphatic rings. The SMILES string of the molecule is CCN(CC)C(=O)c1cnc2nc(C)ccc2c1Nc1cc(F)cc(F)c1. The van der Waals surface area contributed by atoms with Gasteiger partial charge in [0.05, 0.1) is 11.3 Å². The molecule has 27 heavy (non-hydrogen) atoms. The predicted molar refractivity (Wildman–Crippen MR) is 101 cm³/mol. The fourth-order valence-electron chi connectivity index (χ4n) is 2.92. The lowest BCUT2D eigenvalue weighted by Crippen LogP contribution is -2.31. The molecule has 0 atom stereocenters. The van der Waals surface area contributed by atoms with Crippen LogP contribution in [0.25, 0.3) is 11.0 Å². The Kier molecular flexibility index (Phi) is 5.30. The molecule has 0 spiro atoms. The summed E-state index contributed by atoms with van der Waals surface area (Å²) >= 11 is 0. The number of aromatic nitrogens is 2. The zero-order chi connectivity index (χ0) is 19.6. The van der Waals surface area contributed by atoms with Crippen LogP contribution in [0.15, 0.2) is 36.5 Å². The number of aryl methyl sites for hydroxylation is 1. The van der Waals surface area contributed by atoms with Crippen molar-refractivity contribution in [1.29, 1.82) is 0 Å². The van der Waals surface area contributed by atoms with Gasteiger partial charge in [-0.3, -0.25) is 4.79 Å². The minimum Gasteiger partial charge on any atom is -0.354 e. The number of fused-ring (bicyclic) bond motifs is 1. The molecule has 140 valence electrons. The minimum absolute atomic E-state index is 0.203. The molecule has 1 aromatic carbocycles. The largest absolute Gasteiger partial charge is 0.354 e. The number of rotatable bonds is 5. The Bertz CT molecular complexity index is 982. The number of halogens is 2. The second-order valence-electron chi connectivity index (χ2n) is 6.13. The van der Waals surface area contributed by atoms with Gasteiger partial charge in [-0.1, -0.05) is 0 Å². The molecule has 0 radical (unpaired) electrons. The van der Waals surface area contributed by atoms with Crippen molar-refractivity contribution in [3.8, 4) is 0 Å². The number of amides is 1. The maximum atomic E-state index is 13.6. The number of pyridine rings is 2. The summed E-state index contributed by atoms with van der Waals surface area (Å²) in [5, 5.41) is 3.59. The van der Waals surface area contributed by atoms with Crippen LogP contribution in [0.5, 0.6) is 0 Å². The van der Waals surface area contributed by atoms with Gasteiger partial charge in [-0.2, -0.15) is 0 Å². The van der Waals surface area contributed by atoms with Gasteiger partial charge in [0.25, 0.3) is 5.91 Å². The Morgan fingerprint density at radius 3 is 2.41 bits per heavy atom. The molecular weight excluding hydrogens is 350 g/mol. The molecule has 1 amide bonds. The Morgan fingerprint density at radius 1 is 1.11 bits per heavy atom. The third-order valence-electron chi connectivity index (χ3n) is 4.28. The van der Waals surface area contributed by atoms with Gasteiger partial charge in [-0.05, 0) is 45.0 Å². The summed E-state index contributed by atoms with van der Waals surface area (Å²) in [6.07, 6.45) is 1.45. The Hall–Kier alpha value is -3.09. The molecule has 3 aromatic rings. The number of benzene rings is 1. The molecule has 2 heterocycles. The zero-order valence-electron chi connectivity index (χ0n) is 15.4. The zero-order valence-corrected chi connectivity index (χ0v) is 15.4. The Balaban J connectivity index is 2.19. The van der Waals surface area contributed by atoms with Crippen molar-refractivity contribution in [1.82, 2.24) is 14.9 Å². The average Bonchev–Trinajstić information content (AvgIpc) is 2.61. The summed E-state index contributed by atoms with van der Waals surface area (Å²) in [4.78, 5) is 23.3. The lowest BCUT2D eigenvalue weighted by Gasteiger charge is -2.21. The lowest BCUT2D eigenvalue weighted by atomic mass is 10.1. The minimum atomic E-state index is -0.707. The molecule has 2 aromatic heterocycles. The van der Waals surface area contributed by atoms with Crippen LogP contribution in [-0.4, -0.2) is 33.9 Å².